The standard InChI is InChI=1S/C23H42/c1-4-5-6-7-8-9-19-11-12-20-16-21-14-17(2)10-13-22(21)18(3)23(20)15-19/h17-23H,4-16H2,1-3H3. The first-order valence-electron chi connectivity index (χ1n) is 11.2. The van der Waals surface area contributed by atoms with Crippen LogP contribution >= 0.6 is 0 Å². The highest BCUT2D eigenvalue weighted by molar-refractivity contribution is 4.95. The van der Waals surface area contributed by atoms with Crippen LogP contribution in [0.2, 0.25) is 0 Å². The molecule has 0 heteroatoms. The summed E-state index contributed by atoms with van der Waals surface area (Å²) in [5.74, 6) is 7.52. The molecule has 23 heavy (non-hydrogen) atoms. The summed E-state index contributed by atoms with van der Waals surface area (Å²) < 4.78 is 0. The van der Waals surface area contributed by atoms with Crippen LogP contribution in [-0.2, 0) is 0 Å². The maximum Gasteiger partial charge on any atom is -0.0355 e. The van der Waals surface area contributed by atoms with E-state index in [1.54, 1.807) is 44.9 Å². The van der Waals surface area contributed by atoms with Gasteiger partial charge in [0.25, 0.3) is 0 Å². The van der Waals surface area contributed by atoms with Crippen molar-refractivity contribution in [2.75, 3.05) is 0 Å². The molecule has 0 heterocycles. The van der Waals surface area contributed by atoms with Crippen LogP contribution in [0.3, 0.4) is 0 Å². The molecule has 0 bridgehead atoms. The zero-order valence-electron chi connectivity index (χ0n) is 16.2. The molecule has 3 aliphatic rings. The Bertz CT molecular complexity index is 346. The molecule has 7 unspecified atom stereocenters. The van der Waals surface area contributed by atoms with Gasteiger partial charge in [0.05, 0.1) is 0 Å². The molecule has 0 aromatic rings. The van der Waals surface area contributed by atoms with Crippen LogP contribution in [0.5, 0.6) is 0 Å². The first-order valence-corrected chi connectivity index (χ1v) is 11.2. The number of hydrogen-bond donors (Lipinski definition) is 0. The molecule has 0 saturated heterocycles. The summed E-state index contributed by atoms with van der Waals surface area (Å²) in [6, 6.07) is 0. The Morgan fingerprint density at radius 1 is 0.696 bits per heavy atom. The van der Waals surface area contributed by atoms with Crippen molar-refractivity contribution < 1.29 is 0 Å². The van der Waals surface area contributed by atoms with Crippen molar-refractivity contribution >= 4 is 0 Å². The van der Waals surface area contributed by atoms with E-state index in [4.69, 9.17) is 0 Å². The number of hydrogen-bond acceptors (Lipinski definition) is 0. The van der Waals surface area contributed by atoms with Crippen molar-refractivity contribution in [3.63, 3.8) is 0 Å². The normalized spacial score (nSPS) is 43.7. The summed E-state index contributed by atoms with van der Waals surface area (Å²) >= 11 is 0. The Hall–Kier alpha value is 0. The van der Waals surface area contributed by atoms with Crippen LogP contribution in [0.1, 0.15) is 104 Å². The van der Waals surface area contributed by atoms with E-state index in [9.17, 15) is 0 Å². The summed E-state index contributed by atoms with van der Waals surface area (Å²) in [4.78, 5) is 0. The third-order valence-electron chi connectivity index (χ3n) is 8.13. The van der Waals surface area contributed by atoms with Gasteiger partial charge in [-0.25, -0.2) is 0 Å². The molecule has 3 aliphatic carbocycles. The highest BCUT2D eigenvalue weighted by atomic mass is 14.5. The molecule has 0 nitrogen and oxygen atoms in total. The molecular weight excluding hydrogens is 276 g/mol. The lowest BCUT2D eigenvalue weighted by Crippen LogP contribution is -2.44. The van der Waals surface area contributed by atoms with Gasteiger partial charge >= 0.3 is 0 Å². The fourth-order valence-corrected chi connectivity index (χ4v) is 6.79. The van der Waals surface area contributed by atoms with Crippen molar-refractivity contribution in [3.05, 3.63) is 0 Å². The minimum Gasteiger partial charge on any atom is -0.0654 e. The second kappa shape index (κ2) is 8.39. The fraction of sp³-hybridized carbons (Fsp3) is 1.00. The lowest BCUT2D eigenvalue weighted by Gasteiger charge is -2.52. The number of fused-ring (bicyclic) bond motifs is 2. The van der Waals surface area contributed by atoms with Gasteiger partial charge in [-0.2, -0.15) is 0 Å². The SMILES string of the molecule is CCCCCCCC1CCC2CC3CC(C)CCC3C(C)C2C1. The smallest absolute Gasteiger partial charge is 0.0355 e. The van der Waals surface area contributed by atoms with Crippen LogP contribution in [0.15, 0.2) is 0 Å². The molecule has 3 rings (SSSR count). The van der Waals surface area contributed by atoms with Gasteiger partial charge in [0, 0.05) is 0 Å². The summed E-state index contributed by atoms with van der Waals surface area (Å²) in [5, 5.41) is 0. The highest BCUT2D eigenvalue weighted by Gasteiger charge is 2.45. The largest absolute Gasteiger partial charge is 0.0654 e. The van der Waals surface area contributed by atoms with Crippen molar-refractivity contribution in [1.82, 2.24) is 0 Å². The predicted molar refractivity (Wildman–Crippen MR) is 101 cm³/mol. The molecule has 3 fully saturated rings. The lowest BCUT2D eigenvalue weighted by molar-refractivity contribution is -0.0264. The van der Waals surface area contributed by atoms with Crippen molar-refractivity contribution in [2.45, 2.75) is 104 Å². The van der Waals surface area contributed by atoms with Crippen molar-refractivity contribution in [1.29, 1.82) is 0 Å². The maximum absolute atomic E-state index is 2.65. The summed E-state index contributed by atoms with van der Waals surface area (Å²) in [6.07, 6.45) is 19.8. The molecule has 0 N–H and O–H groups in total. The monoisotopic (exact) mass is 318 g/mol. The van der Waals surface area contributed by atoms with Crippen molar-refractivity contribution in [3.8, 4) is 0 Å². The van der Waals surface area contributed by atoms with Crippen LogP contribution in [0.25, 0.3) is 0 Å². The van der Waals surface area contributed by atoms with Gasteiger partial charge in [-0.15, -0.1) is 0 Å². The molecule has 3 saturated carbocycles. The molecule has 7 atom stereocenters. The molecule has 0 spiro atoms. The van der Waals surface area contributed by atoms with Crippen LogP contribution in [0.4, 0.5) is 0 Å². The zero-order valence-corrected chi connectivity index (χ0v) is 16.2. The second-order valence-electron chi connectivity index (χ2n) is 9.74. The average molecular weight is 319 g/mol. The Morgan fingerprint density at radius 2 is 1.52 bits per heavy atom. The van der Waals surface area contributed by atoms with E-state index in [0.29, 0.717) is 0 Å². The van der Waals surface area contributed by atoms with Gasteiger partial charge in [0.2, 0.25) is 0 Å². The molecular formula is C23H42. The molecule has 0 amide bonds. The van der Waals surface area contributed by atoms with Gasteiger partial charge in [-0.1, -0.05) is 72.1 Å². The summed E-state index contributed by atoms with van der Waals surface area (Å²) in [7, 11) is 0. The van der Waals surface area contributed by atoms with Gasteiger partial charge in [0.1, 0.15) is 0 Å². The first kappa shape index (κ1) is 17.8. The molecule has 0 radical (unpaired) electrons. The molecule has 0 aromatic heterocycles. The highest BCUT2D eigenvalue weighted by Crippen LogP contribution is 2.55. The van der Waals surface area contributed by atoms with Gasteiger partial charge in [0.15, 0.2) is 0 Å². The van der Waals surface area contributed by atoms with Crippen LogP contribution in [-0.4, -0.2) is 0 Å². The van der Waals surface area contributed by atoms with Gasteiger partial charge < -0.3 is 0 Å². The Morgan fingerprint density at radius 3 is 2.35 bits per heavy atom. The van der Waals surface area contributed by atoms with E-state index < -0.39 is 0 Å². The number of rotatable bonds is 6. The minimum atomic E-state index is 1.01. The van der Waals surface area contributed by atoms with Gasteiger partial charge in [-0.05, 0) is 73.5 Å². The van der Waals surface area contributed by atoms with E-state index in [1.807, 2.05) is 0 Å². The van der Waals surface area contributed by atoms with E-state index >= 15 is 0 Å². The summed E-state index contributed by atoms with van der Waals surface area (Å²) in [6.45, 7) is 7.47. The van der Waals surface area contributed by atoms with Crippen LogP contribution in [0, 0.1) is 41.4 Å². The fourth-order valence-electron chi connectivity index (χ4n) is 6.79. The first-order chi connectivity index (χ1) is 11.2. The predicted octanol–water partition coefficient (Wildman–Crippen LogP) is 7.47. The Kier molecular flexibility index (Phi) is 6.50. The third kappa shape index (κ3) is 4.35. The molecule has 0 aromatic carbocycles. The molecule has 134 valence electrons. The quantitative estimate of drug-likeness (QED) is 0.445. The number of unbranched alkanes of at least 4 members (excludes halogenated alkanes) is 4. The van der Waals surface area contributed by atoms with Crippen molar-refractivity contribution in [2.24, 2.45) is 41.4 Å². The Balaban J connectivity index is 1.48. The van der Waals surface area contributed by atoms with Gasteiger partial charge in [-0.3, -0.25) is 0 Å². The molecule has 0 aliphatic heterocycles. The van der Waals surface area contributed by atoms with E-state index in [-0.39, 0.29) is 0 Å². The lowest BCUT2D eigenvalue weighted by atomic mass is 9.53. The van der Waals surface area contributed by atoms with E-state index in [0.717, 1.165) is 41.4 Å². The zero-order chi connectivity index (χ0) is 16.2. The summed E-state index contributed by atoms with van der Waals surface area (Å²) in [5.41, 5.74) is 0. The second-order valence-corrected chi connectivity index (χ2v) is 9.74. The van der Waals surface area contributed by atoms with Crippen LogP contribution < -0.4 is 0 Å². The van der Waals surface area contributed by atoms with E-state index in [2.05, 4.69) is 20.8 Å². The van der Waals surface area contributed by atoms with E-state index in [1.165, 1.54) is 38.5 Å². The third-order valence-corrected chi connectivity index (χ3v) is 8.13. The maximum atomic E-state index is 2.65. The average Bonchev–Trinajstić information content (AvgIpc) is 2.55. The Labute approximate surface area is 146 Å². The topological polar surface area (TPSA) is 0 Å². The minimum absolute atomic E-state index is 1.01.